The second kappa shape index (κ2) is 6.65. The van der Waals surface area contributed by atoms with Gasteiger partial charge >= 0.3 is 0 Å². The molecular weight excluding hydrogens is 335 g/mol. The summed E-state index contributed by atoms with van der Waals surface area (Å²) in [6.45, 7) is 0.329. The predicted octanol–water partition coefficient (Wildman–Crippen LogP) is 4.36. The van der Waals surface area contributed by atoms with E-state index in [4.69, 9.17) is 4.74 Å². The fraction of sp³-hybridized carbons (Fsp3) is 0.143. The fourth-order valence-corrected chi connectivity index (χ4v) is 2.00. The number of rotatable bonds is 5. The number of nitrogens with one attached hydrogen (secondary N) is 1. The molecule has 0 aliphatic rings. The molecule has 0 amide bonds. The van der Waals surface area contributed by atoms with Gasteiger partial charge in [-0.25, -0.2) is 8.78 Å². The van der Waals surface area contributed by atoms with Gasteiger partial charge in [0.05, 0.1) is 5.69 Å². The Morgan fingerprint density at radius 1 is 1.05 bits per heavy atom. The van der Waals surface area contributed by atoms with E-state index in [0.717, 1.165) is 6.07 Å². The molecule has 6 heteroatoms. The minimum Gasteiger partial charge on any atom is -0.489 e. The van der Waals surface area contributed by atoms with Crippen LogP contribution in [-0.2, 0) is 0 Å². The van der Waals surface area contributed by atoms with Gasteiger partial charge in [0, 0.05) is 11.0 Å². The van der Waals surface area contributed by atoms with E-state index < -0.39 is 11.6 Å². The first-order valence-electron chi connectivity index (χ1n) is 5.83. The van der Waals surface area contributed by atoms with Gasteiger partial charge in [-0.3, -0.25) is 0 Å². The van der Waals surface area contributed by atoms with Gasteiger partial charge in [0.2, 0.25) is 5.82 Å². The van der Waals surface area contributed by atoms with Crippen LogP contribution in [0.1, 0.15) is 0 Å². The summed E-state index contributed by atoms with van der Waals surface area (Å²) >= 11 is 3.05. The highest BCUT2D eigenvalue weighted by atomic mass is 79.9. The number of hydrogen-bond acceptors (Lipinski definition) is 2. The zero-order chi connectivity index (χ0) is 14.5. The summed E-state index contributed by atoms with van der Waals surface area (Å²) in [7, 11) is 0. The third kappa shape index (κ3) is 3.66. The van der Waals surface area contributed by atoms with Crippen LogP contribution in [0.4, 0.5) is 18.9 Å². The summed E-state index contributed by atoms with van der Waals surface area (Å²) in [4.78, 5) is 0. The molecule has 106 valence electrons. The molecule has 0 heterocycles. The van der Waals surface area contributed by atoms with Crippen molar-refractivity contribution in [2.45, 2.75) is 0 Å². The van der Waals surface area contributed by atoms with E-state index in [0.29, 0.717) is 10.2 Å². The van der Waals surface area contributed by atoms with Crippen LogP contribution in [0.3, 0.4) is 0 Å². The summed E-state index contributed by atoms with van der Waals surface area (Å²) in [6.07, 6.45) is 0. The van der Waals surface area contributed by atoms with Gasteiger partial charge in [0.25, 0.3) is 0 Å². The van der Waals surface area contributed by atoms with Crippen LogP contribution >= 0.6 is 15.9 Å². The van der Waals surface area contributed by atoms with E-state index in [1.165, 1.54) is 12.1 Å². The van der Waals surface area contributed by atoms with Crippen LogP contribution < -0.4 is 10.1 Å². The van der Waals surface area contributed by atoms with E-state index in [1.807, 2.05) is 0 Å². The third-order valence-electron chi connectivity index (χ3n) is 2.51. The lowest BCUT2D eigenvalue weighted by atomic mass is 10.3. The number of anilines is 1. The van der Waals surface area contributed by atoms with Crippen LogP contribution in [0.5, 0.6) is 5.75 Å². The second-order valence-corrected chi connectivity index (χ2v) is 4.87. The molecule has 0 bridgehead atoms. The van der Waals surface area contributed by atoms with E-state index in [9.17, 15) is 13.2 Å². The van der Waals surface area contributed by atoms with Gasteiger partial charge in [-0.2, -0.15) is 4.39 Å². The summed E-state index contributed by atoms with van der Waals surface area (Å²) in [5.74, 6) is -2.60. The summed E-state index contributed by atoms with van der Waals surface area (Å²) in [6, 6.07) is 8.52. The van der Waals surface area contributed by atoms with E-state index in [-0.39, 0.29) is 24.7 Å². The normalized spacial score (nSPS) is 10.4. The molecule has 0 saturated heterocycles. The van der Waals surface area contributed by atoms with Gasteiger partial charge in [0.1, 0.15) is 12.4 Å². The molecule has 0 fully saturated rings. The molecule has 0 aromatic heterocycles. The number of benzene rings is 2. The van der Waals surface area contributed by atoms with Gasteiger partial charge in [-0.15, -0.1) is 0 Å². The average molecular weight is 346 g/mol. The van der Waals surface area contributed by atoms with Crippen molar-refractivity contribution in [2.24, 2.45) is 0 Å². The Bertz CT molecular complexity index is 607. The number of halogens is 4. The van der Waals surface area contributed by atoms with Crippen molar-refractivity contribution in [1.29, 1.82) is 0 Å². The minimum absolute atomic E-state index is 0.0706. The summed E-state index contributed by atoms with van der Waals surface area (Å²) in [5, 5.41) is 2.80. The Hall–Kier alpha value is -1.69. The molecule has 2 aromatic carbocycles. The van der Waals surface area contributed by atoms with Crippen molar-refractivity contribution in [3.05, 3.63) is 58.3 Å². The molecule has 0 unspecified atom stereocenters. The highest BCUT2D eigenvalue weighted by Crippen LogP contribution is 2.25. The first-order chi connectivity index (χ1) is 9.58. The Kier molecular flexibility index (Phi) is 4.89. The van der Waals surface area contributed by atoms with E-state index >= 15 is 0 Å². The van der Waals surface area contributed by atoms with Crippen molar-refractivity contribution in [3.63, 3.8) is 0 Å². The lowest BCUT2D eigenvalue weighted by Crippen LogP contribution is -2.13. The number of ether oxygens (including phenoxy) is 1. The van der Waals surface area contributed by atoms with Crippen molar-refractivity contribution < 1.29 is 17.9 Å². The summed E-state index contributed by atoms with van der Waals surface area (Å²) in [5.41, 5.74) is 0.331. The highest BCUT2D eigenvalue weighted by molar-refractivity contribution is 9.10. The van der Waals surface area contributed by atoms with Crippen LogP contribution in [0.2, 0.25) is 0 Å². The van der Waals surface area contributed by atoms with Gasteiger partial charge in [0.15, 0.2) is 11.6 Å². The topological polar surface area (TPSA) is 21.3 Å². The average Bonchev–Trinajstić information content (AvgIpc) is 2.41. The first-order valence-corrected chi connectivity index (χ1v) is 6.63. The van der Waals surface area contributed by atoms with Gasteiger partial charge in [-0.1, -0.05) is 28.1 Å². The maximum atomic E-state index is 13.4. The number of para-hydroxylation sites is 1. The van der Waals surface area contributed by atoms with Crippen LogP contribution in [0.25, 0.3) is 0 Å². The summed E-state index contributed by atoms with van der Waals surface area (Å²) < 4.78 is 45.3. The molecular formula is C14H11BrF3NO. The predicted molar refractivity (Wildman–Crippen MR) is 74.4 cm³/mol. The first kappa shape index (κ1) is 14.7. The van der Waals surface area contributed by atoms with Crippen LogP contribution in [0, 0.1) is 17.5 Å². The van der Waals surface area contributed by atoms with Crippen molar-refractivity contribution in [2.75, 3.05) is 18.5 Å². The van der Waals surface area contributed by atoms with Crippen LogP contribution in [-0.4, -0.2) is 13.2 Å². The van der Waals surface area contributed by atoms with Crippen molar-refractivity contribution in [3.8, 4) is 5.75 Å². The molecule has 2 aromatic rings. The molecule has 0 aliphatic carbocycles. The largest absolute Gasteiger partial charge is 0.489 e. The molecule has 0 aliphatic heterocycles. The SMILES string of the molecule is Fc1ccccc1NCCOc1cc(Br)cc(F)c1F. The lowest BCUT2D eigenvalue weighted by Gasteiger charge is -2.10. The number of hydrogen-bond donors (Lipinski definition) is 1. The highest BCUT2D eigenvalue weighted by Gasteiger charge is 2.11. The van der Waals surface area contributed by atoms with Crippen LogP contribution in [0.15, 0.2) is 40.9 Å². The van der Waals surface area contributed by atoms with Crippen molar-refractivity contribution in [1.82, 2.24) is 0 Å². The third-order valence-corrected chi connectivity index (χ3v) is 2.97. The minimum atomic E-state index is -1.04. The van der Waals surface area contributed by atoms with E-state index in [2.05, 4.69) is 21.2 Å². The second-order valence-electron chi connectivity index (χ2n) is 3.95. The standard InChI is InChI=1S/C14H11BrF3NO/c15-9-7-11(17)14(18)13(8-9)20-6-5-19-12-4-2-1-3-10(12)16/h1-4,7-8,19H,5-6H2. The van der Waals surface area contributed by atoms with E-state index in [1.54, 1.807) is 18.2 Å². The Labute approximate surface area is 122 Å². The molecule has 2 rings (SSSR count). The van der Waals surface area contributed by atoms with Crippen molar-refractivity contribution >= 4 is 21.6 Å². The van der Waals surface area contributed by atoms with Gasteiger partial charge < -0.3 is 10.1 Å². The molecule has 0 atom stereocenters. The van der Waals surface area contributed by atoms with Gasteiger partial charge in [-0.05, 0) is 24.3 Å². The molecule has 20 heavy (non-hydrogen) atoms. The Morgan fingerprint density at radius 2 is 1.80 bits per heavy atom. The molecule has 0 saturated carbocycles. The lowest BCUT2D eigenvalue weighted by molar-refractivity contribution is 0.307. The monoisotopic (exact) mass is 345 g/mol. The molecule has 1 N–H and O–H groups in total. The maximum Gasteiger partial charge on any atom is 0.200 e. The zero-order valence-corrected chi connectivity index (χ0v) is 11.9. The Morgan fingerprint density at radius 3 is 2.55 bits per heavy atom. The quantitative estimate of drug-likeness (QED) is 0.642. The zero-order valence-electron chi connectivity index (χ0n) is 10.3. The molecule has 0 radical (unpaired) electrons. The maximum absolute atomic E-state index is 13.4. The molecule has 2 nitrogen and oxygen atoms in total. The smallest absolute Gasteiger partial charge is 0.200 e. The Balaban J connectivity index is 1.89. The molecule has 0 spiro atoms. The fourth-order valence-electron chi connectivity index (χ4n) is 1.59.